The summed E-state index contributed by atoms with van der Waals surface area (Å²) in [6.07, 6.45) is 3.33. The first-order chi connectivity index (χ1) is 16.9. The van der Waals surface area contributed by atoms with Crippen LogP contribution in [-0.4, -0.2) is 55.8 Å². The Hall–Kier alpha value is -3.60. The zero-order valence-corrected chi connectivity index (χ0v) is 19.8. The van der Waals surface area contributed by atoms with Crippen LogP contribution in [0.1, 0.15) is 31.8 Å². The smallest absolute Gasteiger partial charge is 0.255 e. The molecule has 1 aliphatic rings. The molecule has 9 nitrogen and oxygen atoms in total. The molecule has 2 N–H and O–H groups in total. The molecule has 10 heteroatoms. The van der Waals surface area contributed by atoms with Gasteiger partial charge in [0.2, 0.25) is 10.0 Å². The average Bonchev–Trinajstić information content (AvgIpc) is 2.89. The summed E-state index contributed by atoms with van der Waals surface area (Å²) >= 11 is 0. The van der Waals surface area contributed by atoms with E-state index in [1.165, 1.54) is 4.31 Å². The van der Waals surface area contributed by atoms with Gasteiger partial charge in [0.05, 0.1) is 30.2 Å². The topological polar surface area (TPSA) is 118 Å². The number of morpholine rings is 1. The summed E-state index contributed by atoms with van der Waals surface area (Å²) in [7, 11) is -3.45. The highest BCUT2D eigenvalue weighted by Gasteiger charge is 2.24. The van der Waals surface area contributed by atoms with Crippen LogP contribution < -0.4 is 10.6 Å². The van der Waals surface area contributed by atoms with E-state index in [1.54, 1.807) is 67.0 Å². The molecule has 1 saturated heterocycles. The van der Waals surface area contributed by atoms with Crippen LogP contribution in [0.3, 0.4) is 0 Å². The van der Waals surface area contributed by atoms with Crippen LogP contribution in [-0.2, 0) is 27.1 Å². The van der Waals surface area contributed by atoms with Gasteiger partial charge in [0, 0.05) is 37.6 Å². The normalized spacial score (nSPS) is 14.3. The van der Waals surface area contributed by atoms with Gasteiger partial charge in [-0.25, -0.2) is 8.42 Å². The second-order valence-electron chi connectivity index (χ2n) is 8.01. The lowest BCUT2D eigenvalue weighted by Crippen LogP contribution is -2.41. The number of sulfonamides is 1. The van der Waals surface area contributed by atoms with Gasteiger partial charge in [0.25, 0.3) is 11.8 Å². The van der Waals surface area contributed by atoms with Crippen LogP contribution in [0.4, 0.5) is 5.69 Å². The predicted octanol–water partition coefficient (Wildman–Crippen LogP) is 2.43. The van der Waals surface area contributed by atoms with Gasteiger partial charge in [-0.1, -0.05) is 30.3 Å². The molecular weight excluding hydrogens is 468 g/mol. The van der Waals surface area contributed by atoms with E-state index < -0.39 is 15.9 Å². The minimum Gasteiger partial charge on any atom is -0.379 e. The van der Waals surface area contributed by atoms with Gasteiger partial charge in [0.15, 0.2) is 0 Å². The Morgan fingerprint density at radius 3 is 2.37 bits per heavy atom. The van der Waals surface area contributed by atoms with E-state index in [9.17, 15) is 18.0 Å². The van der Waals surface area contributed by atoms with Gasteiger partial charge in [-0.3, -0.25) is 14.6 Å². The number of hydrogen-bond acceptors (Lipinski definition) is 6. The zero-order chi connectivity index (χ0) is 24.7. The fraction of sp³-hybridized carbons (Fsp3) is 0.240. The maximum atomic E-state index is 12.8. The van der Waals surface area contributed by atoms with Crippen LogP contribution in [0.5, 0.6) is 0 Å². The van der Waals surface area contributed by atoms with Gasteiger partial charge in [0.1, 0.15) is 0 Å². The summed E-state index contributed by atoms with van der Waals surface area (Å²) in [5, 5.41) is 5.60. The number of nitrogens with one attached hydrogen (secondary N) is 2. The molecule has 0 spiro atoms. The molecule has 35 heavy (non-hydrogen) atoms. The molecule has 4 rings (SSSR count). The molecule has 1 aliphatic heterocycles. The third-order valence-corrected chi connectivity index (χ3v) is 7.37. The fourth-order valence-electron chi connectivity index (χ4n) is 3.64. The van der Waals surface area contributed by atoms with E-state index in [1.807, 2.05) is 6.07 Å². The highest BCUT2D eigenvalue weighted by molar-refractivity contribution is 7.88. The summed E-state index contributed by atoms with van der Waals surface area (Å²) in [6, 6.07) is 16.8. The van der Waals surface area contributed by atoms with Crippen molar-refractivity contribution in [3.05, 3.63) is 95.3 Å². The summed E-state index contributed by atoms with van der Waals surface area (Å²) in [5.74, 6) is -0.872. The Balaban J connectivity index is 1.39. The molecule has 2 aromatic carbocycles. The summed E-state index contributed by atoms with van der Waals surface area (Å²) < 4.78 is 31.9. The maximum absolute atomic E-state index is 12.8. The quantitative estimate of drug-likeness (QED) is 0.497. The second kappa shape index (κ2) is 11.2. The van der Waals surface area contributed by atoms with Crippen molar-refractivity contribution in [2.45, 2.75) is 12.3 Å². The van der Waals surface area contributed by atoms with Crippen LogP contribution in [0.2, 0.25) is 0 Å². The monoisotopic (exact) mass is 494 g/mol. The number of para-hydroxylation sites is 1. The lowest BCUT2D eigenvalue weighted by Gasteiger charge is -2.26. The van der Waals surface area contributed by atoms with Gasteiger partial charge >= 0.3 is 0 Å². The molecule has 182 valence electrons. The number of carbonyl (C=O) groups excluding carboxylic acids is 2. The predicted molar refractivity (Wildman–Crippen MR) is 131 cm³/mol. The lowest BCUT2D eigenvalue weighted by molar-refractivity contribution is 0.0729. The van der Waals surface area contributed by atoms with Gasteiger partial charge in [-0.15, -0.1) is 0 Å². The molecule has 0 aliphatic carbocycles. The maximum Gasteiger partial charge on any atom is 0.255 e. The van der Waals surface area contributed by atoms with Crippen molar-refractivity contribution in [1.82, 2.24) is 14.6 Å². The molecule has 3 aromatic rings. The first kappa shape index (κ1) is 24.5. The van der Waals surface area contributed by atoms with E-state index in [-0.39, 0.29) is 11.7 Å². The number of hydrogen-bond donors (Lipinski definition) is 2. The largest absolute Gasteiger partial charge is 0.379 e. The van der Waals surface area contributed by atoms with Gasteiger partial charge in [-0.2, -0.15) is 4.31 Å². The van der Waals surface area contributed by atoms with Crippen LogP contribution >= 0.6 is 0 Å². The van der Waals surface area contributed by atoms with E-state index in [4.69, 9.17) is 4.74 Å². The molecule has 2 heterocycles. The summed E-state index contributed by atoms with van der Waals surface area (Å²) in [6.45, 7) is 1.78. The Morgan fingerprint density at radius 2 is 1.66 bits per heavy atom. The Bertz CT molecular complexity index is 1270. The first-order valence-electron chi connectivity index (χ1n) is 11.1. The van der Waals surface area contributed by atoms with E-state index >= 15 is 0 Å². The number of nitrogens with zero attached hydrogens (tertiary/aromatic N) is 2. The van der Waals surface area contributed by atoms with E-state index in [0.717, 1.165) is 5.56 Å². The molecule has 0 bridgehead atoms. The summed E-state index contributed by atoms with van der Waals surface area (Å²) in [5.41, 5.74) is 2.50. The molecule has 2 amide bonds. The standard InChI is InChI=1S/C25H26N4O5S/c30-24(21-9-7-19(8-10-21)18-35(32,33)29-12-14-34-15-13-29)28-23-6-2-1-5-22(23)25(31)27-17-20-4-3-11-26-16-20/h1-11,16H,12-15,17-18H2,(H,27,31)(H,28,30). The number of benzene rings is 2. The number of anilines is 1. The molecule has 0 saturated carbocycles. The number of ether oxygens (including phenoxy) is 1. The molecule has 0 radical (unpaired) electrons. The van der Waals surface area contributed by atoms with Crippen LogP contribution in [0.15, 0.2) is 73.1 Å². The van der Waals surface area contributed by atoms with Crippen LogP contribution in [0, 0.1) is 0 Å². The first-order valence-corrected chi connectivity index (χ1v) is 12.8. The minimum absolute atomic E-state index is 0.144. The SMILES string of the molecule is O=C(Nc1ccccc1C(=O)NCc1cccnc1)c1ccc(CS(=O)(=O)N2CCOCC2)cc1. The number of carbonyl (C=O) groups is 2. The number of amides is 2. The average molecular weight is 495 g/mol. The van der Waals surface area contributed by atoms with Gasteiger partial charge < -0.3 is 15.4 Å². The Morgan fingerprint density at radius 1 is 0.914 bits per heavy atom. The molecule has 0 atom stereocenters. The zero-order valence-electron chi connectivity index (χ0n) is 19.0. The van der Waals surface area contributed by atoms with Crippen molar-refractivity contribution in [1.29, 1.82) is 0 Å². The Labute approximate surface area is 204 Å². The Kier molecular flexibility index (Phi) is 7.86. The van der Waals surface area contributed by atoms with Crippen molar-refractivity contribution in [3.8, 4) is 0 Å². The van der Waals surface area contributed by atoms with Gasteiger partial charge in [-0.05, 0) is 41.5 Å². The molecule has 1 aromatic heterocycles. The van der Waals surface area contributed by atoms with E-state index in [2.05, 4.69) is 15.6 Å². The summed E-state index contributed by atoms with van der Waals surface area (Å²) in [4.78, 5) is 29.6. The molecule has 0 unspecified atom stereocenters. The van der Waals surface area contributed by atoms with E-state index in [0.29, 0.717) is 55.2 Å². The van der Waals surface area contributed by atoms with Crippen molar-refractivity contribution >= 4 is 27.5 Å². The van der Waals surface area contributed by atoms with Crippen LogP contribution in [0.25, 0.3) is 0 Å². The van der Waals surface area contributed by atoms with Crippen molar-refractivity contribution < 1.29 is 22.7 Å². The highest BCUT2D eigenvalue weighted by atomic mass is 32.2. The van der Waals surface area contributed by atoms with Crippen molar-refractivity contribution in [3.63, 3.8) is 0 Å². The number of pyridine rings is 1. The van der Waals surface area contributed by atoms with Crippen molar-refractivity contribution in [2.75, 3.05) is 31.6 Å². The fourth-order valence-corrected chi connectivity index (χ4v) is 5.15. The molecular formula is C25H26N4O5S. The third kappa shape index (κ3) is 6.50. The lowest BCUT2D eigenvalue weighted by atomic mass is 10.1. The molecule has 1 fully saturated rings. The third-order valence-electron chi connectivity index (χ3n) is 5.52. The number of aromatic nitrogens is 1. The second-order valence-corrected chi connectivity index (χ2v) is 9.98. The highest BCUT2D eigenvalue weighted by Crippen LogP contribution is 2.18. The minimum atomic E-state index is -3.45. The number of rotatable bonds is 8. The van der Waals surface area contributed by atoms with Crippen molar-refractivity contribution in [2.24, 2.45) is 0 Å².